The summed E-state index contributed by atoms with van der Waals surface area (Å²) in [5, 5.41) is 11.5. The first-order valence-electron chi connectivity index (χ1n) is 20.3. The lowest BCUT2D eigenvalue weighted by Gasteiger charge is -2.12. The van der Waals surface area contributed by atoms with Crippen LogP contribution in [0.15, 0.2) is 97.3 Å². The number of aromatic nitrogens is 4. The number of halogens is 4. The van der Waals surface area contributed by atoms with Crippen molar-refractivity contribution in [2.24, 2.45) is 0 Å². The second-order valence-electron chi connectivity index (χ2n) is 15.1. The lowest BCUT2D eigenvalue weighted by Crippen LogP contribution is -2.13. The quantitative estimate of drug-likeness (QED) is 0.104. The summed E-state index contributed by atoms with van der Waals surface area (Å²) in [4.78, 5) is 34.2. The molecule has 6 heterocycles. The Bertz CT molecular complexity index is 3200. The van der Waals surface area contributed by atoms with Gasteiger partial charge in [-0.05, 0) is 83.9 Å². The summed E-state index contributed by atoms with van der Waals surface area (Å²) < 4.78 is 87.8. The number of aromatic carboxylic acids is 1. The van der Waals surface area contributed by atoms with E-state index >= 15 is 0 Å². The molecular weight excluding hydrogens is 861 g/mol. The fourth-order valence-electron chi connectivity index (χ4n) is 8.70. The van der Waals surface area contributed by atoms with E-state index in [-0.39, 0.29) is 48.9 Å². The number of esters is 1. The number of carboxylic acid groups (broad SMARTS) is 1. The maximum atomic E-state index is 14.6. The van der Waals surface area contributed by atoms with E-state index in [0.29, 0.717) is 81.1 Å². The van der Waals surface area contributed by atoms with Crippen molar-refractivity contribution in [2.75, 3.05) is 34.5 Å². The van der Waals surface area contributed by atoms with E-state index in [0.717, 1.165) is 53.9 Å². The van der Waals surface area contributed by atoms with Gasteiger partial charge in [0.25, 0.3) is 0 Å². The number of hydrogen-bond donors (Lipinski definition) is 1. The second-order valence-corrected chi connectivity index (χ2v) is 15.1. The van der Waals surface area contributed by atoms with Crippen molar-refractivity contribution in [1.29, 1.82) is 0 Å². The standard InChI is InChI=1S/C25H20F2N2O4.C24H18F2N2O4.CH4/c1-31-24-17(4-3-10-28-24)20-21-19(8-5-14-9-11-33-23(14)21)29(22(20)25(30)32-2)13-15-12-16(26)6-7-18(15)27;1-31-23-16(3-2-9-27-23)19-20-18(7-4-13-8-10-32-22(13)20)28(21(19)24(29)30)12-14-11-15(25)5-6-17(14)26;/h3-8,10,12H,9,11,13H2,1-2H3;2-7,9,11H,8,10,12H2,1H3,(H,29,30);1H4. The summed E-state index contributed by atoms with van der Waals surface area (Å²) in [6, 6.07) is 20.7. The largest absolute Gasteiger partial charge is 0.492 e. The molecule has 0 atom stereocenters. The van der Waals surface area contributed by atoms with E-state index < -0.39 is 35.2 Å². The predicted molar refractivity (Wildman–Crippen MR) is 238 cm³/mol. The zero-order valence-corrected chi connectivity index (χ0v) is 35.1. The number of carbonyl (C=O) groups is 2. The molecule has 0 saturated heterocycles. The normalized spacial score (nSPS) is 12.3. The first-order chi connectivity index (χ1) is 31.5. The fraction of sp³-hybridized carbons (Fsp3) is 0.200. The average Bonchev–Trinajstić information content (AvgIpc) is 4.12. The van der Waals surface area contributed by atoms with Gasteiger partial charge in [-0.15, -0.1) is 0 Å². The summed E-state index contributed by atoms with van der Waals surface area (Å²) >= 11 is 0. The molecule has 0 fully saturated rings. The molecule has 8 aromatic rings. The van der Waals surface area contributed by atoms with Crippen LogP contribution in [0.2, 0.25) is 0 Å². The minimum Gasteiger partial charge on any atom is -0.492 e. The van der Waals surface area contributed by atoms with Crippen molar-refractivity contribution >= 4 is 33.7 Å². The van der Waals surface area contributed by atoms with Crippen LogP contribution < -0.4 is 18.9 Å². The molecule has 1 N–H and O–H groups in total. The zero-order valence-electron chi connectivity index (χ0n) is 35.1. The number of rotatable bonds is 10. The third kappa shape index (κ3) is 7.77. The molecule has 2 aliphatic heterocycles. The minimum atomic E-state index is -1.22. The summed E-state index contributed by atoms with van der Waals surface area (Å²) in [5.74, 6) is -2.41. The first kappa shape index (κ1) is 44.7. The Morgan fingerprint density at radius 1 is 0.652 bits per heavy atom. The number of nitrogens with zero attached hydrogens (tertiary/aromatic N) is 4. The molecule has 66 heavy (non-hydrogen) atoms. The highest BCUT2D eigenvalue weighted by molar-refractivity contribution is 6.13. The molecule has 2 aliphatic rings. The Balaban J connectivity index is 0.000000177. The van der Waals surface area contributed by atoms with Crippen molar-refractivity contribution in [3.05, 3.63) is 154 Å². The fourth-order valence-corrected chi connectivity index (χ4v) is 8.70. The number of carboxylic acids is 1. The van der Waals surface area contributed by atoms with Gasteiger partial charge in [-0.25, -0.2) is 37.1 Å². The number of pyridine rings is 2. The second kappa shape index (κ2) is 18.3. The molecule has 4 aromatic carbocycles. The van der Waals surface area contributed by atoms with E-state index in [1.165, 1.54) is 25.9 Å². The van der Waals surface area contributed by atoms with E-state index in [1.54, 1.807) is 47.3 Å². The van der Waals surface area contributed by atoms with Gasteiger partial charge in [-0.2, -0.15) is 0 Å². The smallest absolute Gasteiger partial charge is 0.355 e. The summed E-state index contributed by atoms with van der Waals surface area (Å²) in [7, 11) is 4.22. The molecule has 10 rings (SSSR count). The van der Waals surface area contributed by atoms with Crippen LogP contribution in [-0.4, -0.2) is 70.7 Å². The van der Waals surface area contributed by atoms with Gasteiger partial charge < -0.3 is 37.9 Å². The Labute approximate surface area is 375 Å². The monoisotopic (exact) mass is 902 g/mol. The molecule has 0 bridgehead atoms. The molecule has 4 aromatic heterocycles. The molecular formula is C50H42F4N4O8. The summed E-state index contributed by atoms with van der Waals surface area (Å²) in [6.45, 7) is 0.717. The molecule has 0 aliphatic carbocycles. The zero-order chi connectivity index (χ0) is 45.5. The van der Waals surface area contributed by atoms with Crippen LogP contribution in [0, 0.1) is 23.3 Å². The summed E-state index contributed by atoms with van der Waals surface area (Å²) in [5.41, 5.74) is 5.25. The summed E-state index contributed by atoms with van der Waals surface area (Å²) in [6.07, 6.45) is 4.56. The lowest BCUT2D eigenvalue weighted by molar-refractivity contribution is 0.0589. The topological polar surface area (TPSA) is 136 Å². The van der Waals surface area contributed by atoms with E-state index in [2.05, 4.69) is 9.97 Å². The van der Waals surface area contributed by atoms with Crippen molar-refractivity contribution < 1.29 is 55.9 Å². The van der Waals surface area contributed by atoms with Crippen molar-refractivity contribution in [1.82, 2.24) is 19.1 Å². The molecule has 0 spiro atoms. The Kier molecular flexibility index (Phi) is 12.4. The highest BCUT2D eigenvalue weighted by Crippen LogP contribution is 2.48. The van der Waals surface area contributed by atoms with Gasteiger partial charge >= 0.3 is 11.9 Å². The Morgan fingerprint density at radius 2 is 1.11 bits per heavy atom. The SMILES string of the molecule is C.COC(=O)c1c(-c2cccnc2OC)c2c3c(ccc2n1Cc1cc(F)ccc1F)CCO3.COc1ncccc1-c1c(C(=O)O)n(Cc2cc(F)ccc2F)c2ccc3c(c12)OCC3. The van der Waals surface area contributed by atoms with Crippen LogP contribution in [0.25, 0.3) is 44.1 Å². The molecule has 0 amide bonds. The van der Waals surface area contributed by atoms with Gasteiger partial charge in [0.1, 0.15) is 46.2 Å². The lowest BCUT2D eigenvalue weighted by atomic mass is 10.00. The molecule has 0 unspecified atom stereocenters. The van der Waals surface area contributed by atoms with Crippen LogP contribution in [0.1, 0.15) is 50.7 Å². The highest BCUT2D eigenvalue weighted by Gasteiger charge is 2.33. The average molecular weight is 903 g/mol. The van der Waals surface area contributed by atoms with Crippen molar-refractivity contribution in [2.45, 2.75) is 33.4 Å². The predicted octanol–water partition coefficient (Wildman–Crippen LogP) is 10.1. The van der Waals surface area contributed by atoms with Crippen LogP contribution in [-0.2, 0) is 30.7 Å². The molecule has 0 saturated carbocycles. The Hall–Kier alpha value is -7.88. The Morgan fingerprint density at radius 3 is 1.55 bits per heavy atom. The molecule has 0 radical (unpaired) electrons. The first-order valence-corrected chi connectivity index (χ1v) is 20.3. The number of ether oxygens (including phenoxy) is 5. The molecule has 16 heteroatoms. The van der Waals surface area contributed by atoms with Crippen LogP contribution in [0.4, 0.5) is 17.6 Å². The molecule has 338 valence electrons. The van der Waals surface area contributed by atoms with Crippen LogP contribution in [0.3, 0.4) is 0 Å². The van der Waals surface area contributed by atoms with Gasteiger partial charge in [0.15, 0.2) is 0 Å². The number of benzene rings is 4. The minimum absolute atomic E-state index is 0. The number of fused-ring (bicyclic) bond motifs is 6. The van der Waals surface area contributed by atoms with E-state index in [4.69, 9.17) is 23.7 Å². The number of carbonyl (C=O) groups excluding carboxylic acids is 1. The van der Waals surface area contributed by atoms with E-state index in [1.807, 2.05) is 18.2 Å². The number of hydrogen-bond acceptors (Lipinski definition) is 9. The van der Waals surface area contributed by atoms with Gasteiger partial charge in [-0.1, -0.05) is 19.6 Å². The molecule has 12 nitrogen and oxygen atoms in total. The van der Waals surface area contributed by atoms with Crippen molar-refractivity contribution in [3.63, 3.8) is 0 Å². The van der Waals surface area contributed by atoms with Gasteiger partial charge in [0.2, 0.25) is 11.8 Å². The van der Waals surface area contributed by atoms with Gasteiger partial charge in [0.05, 0.1) is 69.4 Å². The number of methoxy groups -OCH3 is 3. The van der Waals surface area contributed by atoms with Crippen LogP contribution in [0.5, 0.6) is 23.3 Å². The van der Waals surface area contributed by atoms with Gasteiger partial charge in [0, 0.05) is 58.6 Å². The maximum Gasteiger partial charge on any atom is 0.355 e. The van der Waals surface area contributed by atoms with E-state index in [9.17, 15) is 32.3 Å². The van der Waals surface area contributed by atoms with Crippen molar-refractivity contribution in [3.8, 4) is 45.5 Å². The maximum absolute atomic E-state index is 14.6. The highest BCUT2D eigenvalue weighted by atomic mass is 19.1. The third-order valence-corrected chi connectivity index (χ3v) is 11.5. The van der Waals surface area contributed by atoms with Gasteiger partial charge in [-0.3, -0.25) is 0 Å². The third-order valence-electron chi connectivity index (χ3n) is 11.5. The van der Waals surface area contributed by atoms with Crippen LogP contribution >= 0.6 is 0 Å².